The Morgan fingerprint density at radius 3 is 2.73 bits per heavy atom. The van der Waals surface area contributed by atoms with E-state index in [0.29, 0.717) is 6.61 Å². The average molecular weight is 160 g/mol. The van der Waals surface area contributed by atoms with Gasteiger partial charge in [0.25, 0.3) is 0 Å². The Balaban J connectivity index is 2.16. The third-order valence-corrected chi connectivity index (χ3v) is 2.47. The van der Waals surface area contributed by atoms with Crippen LogP contribution in [0.5, 0.6) is 0 Å². The van der Waals surface area contributed by atoms with Crippen LogP contribution in [0.1, 0.15) is 6.92 Å². The molecule has 2 aliphatic heterocycles. The third kappa shape index (κ3) is 0.980. The first-order valence-electron chi connectivity index (χ1n) is 3.83. The van der Waals surface area contributed by atoms with Crippen LogP contribution in [0.3, 0.4) is 0 Å². The van der Waals surface area contributed by atoms with Crippen LogP contribution in [-0.4, -0.2) is 41.4 Å². The number of hydrogen-bond donors (Lipinski definition) is 2. The Kier molecular flexibility index (Phi) is 1.64. The van der Waals surface area contributed by atoms with E-state index in [0.717, 1.165) is 0 Å². The molecule has 4 nitrogen and oxygen atoms in total. The van der Waals surface area contributed by atoms with Gasteiger partial charge in [-0.15, -0.1) is 0 Å². The molecular formula is C7H12O4. The van der Waals surface area contributed by atoms with Crippen LogP contribution in [0.2, 0.25) is 0 Å². The fourth-order valence-electron chi connectivity index (χ4n) is 1.59. The third-order valence-electron chi connectivity index (χ3n) is 2.47. The normalized spacial score (nSPS) is 56.5. The van der Waals surface area contributed by atoms with Crippen molar-refractivity contribution in [2.24, 2.45) is 5.92 Å². The van der Waals surface area contributed by atoms with Crippen LogP contribution in [0.15, 0.2) is 0 Å². The molecule has 0 aliphatic carbocycles. The van der Waals surface area contributed by atoms with Gasteiger partial charge in [-0.3, -0.25) is 0 Å². The van der Waals surface area contributed by atoms with E-state index < -0.39 is 18.5 Å². The monoisotopic (exact) mass is 160 g/mol. The number of aliphatic hydroxyl groups is 2. The van der Waals surface area contributed by atoms with Gasteiger partial charge in [-0.25, -0.2) is 0 Å². The van der Waals surface area contributed by atoms with E-state index in [1.807, 2.05) is 0 Å². The van der Waals surface area contributed by atoms with Gasteiger partial charge >= 0.3 is 0 Å². The maximum absolute atomic E-state index is 9.47. The Hall–Kier alpha value is -0.160. The fraction of sp³-hybridized carbons (Fsp3) is 1.00. The van der Waals surface area contributed by atoms with E-state index in [4.69, 9.17) is 9.47 Å². The van der Waals surface area contributed by atoms with Gasteiger partial charge < -0.3 is 19.7 Å². The van der Waals surface area contributed by atoms with Gasteiger partial charge in [0.2, 0.25) is 0 Å². The molecule has 2 saturated heterocycles. The summed E-state index contributed by atoms with van der Waals surface area (Å²) in [6, 6.07) is 0. The summed E-state index contributed by atoms with van der Waals surface area (Å²) in [4.78, 5) is 0. The SMILES string of the molecule is C[C@H]1C(O)C2CO[C@H](O2)[C@H]1O. The standard InChI is InChI=1S/C7H12O4/c1-3-5(8)4-2-10-7(11-4)6(3)9/h3-9H,2H2,1H3/t3-,4?,5?,6-,7+/m0/s1. The molecule has 0 spiro atoms. The zero-order valence-corrected chi connectivity index (χ0v) is 6.30. The van der Waals surface area contributed by atoms with E-state index in [9.17, 15) is 10.2 Å². The number of fused-ring (bicyclic) bond motifs is 2. The molecule has 2 N–H and O–H groups in total. The van der Waals surface area contributed by atoms with Crippen molar-refractivity contribution >= 4 is 0 Å². The first kappa shape index (κ1) is 7.49. The molecule has 2 fully saturated rings. The molecule has 0 saturated carbocycles. The Morgan fingerprint density at radius 2 is 2.00 bits per heavy atom. The summed E-state index contributed by atoms with van der Waals surface area (Å²) in [5.74, 6) is -0.152. The molecule has 5 atom stereocenters. The lowest BCUT2D eigenvalue weighted by Gasteiger charge is -2.33. The predicted molar refractivity (Wildman–Crippen MR) is 35.8 cm³/mol. The molecule has 2 aliphatic rings. The molecule has 4 heteroatoms. The van der Waals surface area contributed by atoms with Crippen molar-refractivity contribution < 1.29 is 19.7 Å². The second-order valence-corrected chi connectivity index (χ2v) is 3.22. The molecular weight excluding hydrogens is 148 g/mol. The molecule has 0 aromatic heterocycles. The first-order chi connectivity index (χ1) is 5.20. The highest BCUT2D eigenvalue weighted by atomic mass is 16.7. The molecule has 2 bridgehead atoms. The summed E-state index contributed by atoms with van der Waals surface area (Å²) < 4.78 is 10.3. The molecule has 0 aromatic carbocycles. The average Bonchev–Trinajstić information content (AvgIpc) is 2.44. The Labute approximate surface area is 64.7 Å². The number of rotatable bonds is 0. The van der Waals surface area contributed by atoms with Crippen LogP contribution in [0.4, 0.5) is 0 Å². The number of ether oxygens (including phenoxy) is 2. The number of hydrogen-bond acceptors (Lipinski definition) is 4. The van der Waals surface area contributed by atoms with Crippen LogP contribution in [-0.2, 0) is 9.47 Å². The van der Waals surface area contributed by atoms with E-state index >= 15 is 0 Å². The fourth-order valence-corrected chi connectivity index (χ4v) is 1.59. The van der Waals surface area contributed by atoms with Gasteiger partial charge in [0.1, 0.15) is 12.2 Å². The van der Waals surface area contributed by atoms with Crippen molar-refractivity contribution in [3.8, 4) is 0 Å². The van der Waals surface area contributed by atoms with Gasteiger partial charge in [0.15, 0.2) is 6.29 Å². The molecule has 2 rings (SSSR count). The van der Waals surface area contributed by atoms with Crippen LogP contribution < -0.4 is 0 Å². The molecule has 64 valence electrons. The summed E-state index contributed by atoms with van der Waals surface area (Å²) in [5.41, 5.74) is 0. The first-order valence-corrected chi connectivity index (χ1v) is 3.83. The molecule has 0 aromatic rings. The van der Waals surface area contributed by atoms with Gasteiger partial charge in [-0.05, 0) is 0 Å². The van der Waals surface area contributed by atoms with E-state index in [1.165, 1.54) is 0 Å². The van der Waals surface area contributed by atoms with Gasteiger partial charge in [-0.1, -0.05) is 6.92 Å². The summed E-state index contributed by atoms with van der Waals surface area (Å²) in [7, 11) is 0. The summed E-state index contributed by atoms with van der Waals surface area (Å²) >= 11 is 0. The molecule has 11 heavy (non-hydrogen) atoms. The smallest absolute Gasteiger partial charge is 0.184 e. The van der Waals surface area contributed by atoms with E-state index in [2.05, 4.69) is 0 Å². The highest BCUT2D eigenvalue weighted by Gasteiger charge is 2.47. The van der Waals surface area contributed by atoms with Gasteiger partial charge in [-0.2, -0.15) is 0 Å². The maximum Gasteiger partial charge on any atom is 0.184 e. The minimum atomic E-state index is -0.691. The second-order valence-electron chi connectivity index (χ2n) is 3.22. The minimum absolute atomic E-state index is 0.152. The van der Waals surface area contributed by atoms with E-state index in [-0.39, 0.29) is 12.0 Å². The zero-order valence-electron chi connectivity index (χ0n) is 6.30. The van der Waals surface area contributed by atoms with Crippen molar-refractivity contribution in [3.63, 3.8) is 0 Å². The largest absolute Gasteiger partial charge is 0.390 e. The summed E-state index contributed by atoms with van der Waals surface area (Å²) in [6.07, 6.45) is -2.04. The molecule has 2 unspecified atom stereocenters. The van der Waals surface area contributed by atoms with Gasteiger partial charge in [0, 0.05) is 5.92 Å². The van der Waals surface area contributed by atoms with Crippen molar-refractivity contribution in [2.45, 2.75) is 31.5 Å². The Morgan fingerprint density at radius 1 is 1.27 bits per heavy atom. The molecule has 0 amide bonds. The number of aliphatic hydroxyl groups excluding tert-OH is 2. The van der Waals surface area contributed by atoms with Crippen LogP contribution in [0.25, 0.3) is 0 Å². The quantitative estimate of drug-likeness (QED) is 0.482. The van der Waals surface area contributed by atoms with Gasteiger partial charge in [0.05, 0.1) is 12.7 Å². The summed E-state index contributed by atoms with van der Waals surface area (Å²) in [6.45, 7) is 2.19. The van der Waals surface area contributed by atoms with Crippen LogP contribution >= 0.6 is 0 Å². The Bertz CT molecular complexity index is 141. The zero-order chi connectivity index (χ0) is 8.01. The van der Waals surface area contributed by atoms with Crippen LogP contribution in [0, 0.1) is 5.92 Å². The highest BCUT2D eigenvalue weighted by molar-refractivity contribution is 4.90. The topological polar surface area (TPSA) is 58.9 Å². The lowest BCUT2D eigenvalue weighted by atomic mass is 9.92. The van der Waals surface area contributed by atoms with Crippen molar-refractivity contribution in [3.05, 3.63) is 0 Å². The molecule has 2 heterocycles. The molecule has 0 radical (unpaired) electrons. The second kappa shape index (κ2) is 2.42. The lowest BCUT2D eigenvalue weighted by Crippen LogP contribution is -2.48. The minimum Gasteiger partial charge on any atom is -0.390 e. The lowest BCUT2D eigenvalue weighted by molar-refractivity contribution is -0.205. The van der Waals surface area contributed by atoms with E-state index in [1.54, 1.807) is 6.92 Å². The predicted octanol–water partition coefficient (Wildman–Crippen LogP) is -0.901. The highest BCUT2D eigenvalue weighted by Crippen LogP contribution is 2.31. The summed E-state index contributed by atoms with van der Waals surface area (Å²) in [5, 5.41) is 18.9. The van der Waals surface area contributed by atoms with Crippen molar-refractivity contribution in [1.82, 2.24) is 0 Å². The van der Waals surface area contributed by atoms with Crippen molar-refractivity contribution in [2.75, 3.05) is 6.61 Å². The maximum atomic E-state index is 9.47. The van der Waals surface area contributed by atoms with Crippen molar-refractivity contribution in [1.29, 1.82) is 0 Å².